The van der Waals surface area contributed by atoms with E-state index in [-0.39, 0.29) is 19.0 Å². The Bertz CT molecular complexity index is 891. The fourth-order valence-electron chi connectivity index (χ4n) is 2.21. The summed E-state index contributed by atoms with van der Waals surface area (Å²) >= 11 is 1.44. The molecule has 3 rings (SSSR count). The number of carbonyl (C=O) groups excluding carboxylic acids is 2. The van der Waals surface area contributed by atoms with E-state index in [1.165, 1.54) is 18.4 Å². The molecular weight excluding hydrogens is 352 g/mol. The summed E-state index contributed by atoms with van der Waals surface area (Å²) in [5.74, 6) is -0.763. The van der Waals surface area contributed by atoms with Gasteiger partial charge in [-0.2, -0.15) is 0 Å². The molecule has 0 amide bonds. The van der Waals surface area contributed by atoms with E-state index in [1.54, 1.807) is 30.5 Å². The first-order chi connectivity index (χ1) is 12.7. The van der Waals surface area contributed by atoms with Crippen molar-refractivity contribution in [1.29, 1.82) is 0 Å². The maximum absolute atomic E-state index is 12.0. The Labute approximate surface area is 154 Å². The minimum atomic E-state index is -0.402. The molecular formula is C19H16N2O4S. The zero-order chi connectivity index (χ0) is 18.4. The largest absolute Gasteiger partial charge is 0.465 e. The number of aromatic nitrogens is 2. The van der Waals surface area contributed by atoms with Crippen molar-refractivity contribution in [2.45, 2.75) is 13.0 Å². The number of ether oxygens (including phenoxy) is 2. The summed E-state index contributed by atoms with van der Waals surface area (Å²) in [6.45, 7) is 0.136. The predicted molar refractivity (Wildman–Crippen MR) is 96.6 cm³/mol. The number of carbonyl (C=O) groups is 2. The number of pyridine rings is 1. The Morgan fingerprint density at radius 2 is 1.92 bits per heavy atom. The highest BCUT2D eigenvalue weighted by molar-refractivity contribution is 7.13. The van der Waals surface area contributed by atoms with E-state index in [1.807, 2.05) is 23.6 Å². The van der Waals surface area contributed by atoms with Gasteiger partial charge in [-0.25, -0.2) is 9.78 Å². The topological polar surface area (TPSA) is 78.4 Å². The van der Waals surface area contributed by atoms with Gasteiger partial charge in [0.1, 0.15) is 11.6 Å². The van der Waals surface area contributed by atoms with Crippen LogP contribution in [0.3, 0.4) is 0 Å². The SMILES string of the molecule is COC(=O)c1ccc(COC(=O)Cc2csc(-c3ccccn3)n2)cc1. The lowest BCUT2D eigenvalue weighted by molar-refractivity contribution is -0.144. The van der Waals surface area contributed by atoms with Crippen molar-refractivity contribution < 1.29 is 19.1 Å². The van der Waals surface area contributed by atoms with Crippen LogP contribution in [0.5, 0.6) is 0 Å². The molecule has 0 atom stereocenters. The second-order valence-electron chi connectivity index (χ2n) is 5.38. The van der Waals surface area contributed by atoms with Crippen molar-refractivity contribution in [3.8, 4) is 10.7 Å². The van der Waals surface area contributed by atoms with Crippen molar-refractivity contribution in [2.24, 2.45) is 0 Å². The van der Waals surface area contributed by atoms with Crippen LogP contribution < -0.4 is 0 Å². The Morgan fingerprint density at radius 1 is 1.12 bits per heavy atom. The molecule has 132 valence electrons. The first kappa shape index (κ1) is 17.8. The number of thiazole rings is 1. The smallest absolute Gasteiger partial charge is 0.337 e. The Morgan fingerprint density at radius 3 is 2.62 bits per heavy atom. The van der Waals surface area contributed by atoms with E-state index < -0.39 is 5.97 Å². The molecule has 0 radical (unpaired) electrons. The van der Waals surface area contributed by atoms with Crippen LogP contribution in [-0.2, 0) is 27.3 Å². The van der Waals surface area contributed by atoms with Crippen LogP contribution in [0, 0.1) is 0 Å². The zero-order valence-electron chi connectivity index (χ0n) is 14.0. The fourth-order valence-corrected chi connectivity index (χ4v) is 3.01. The molecule has 3 aromatic rings. The number of hydrogen-bond acceptors (Lipinski definition) is 7. The Balaban J connectivity index is 1.53. The van der Waals surface area contributed by atoms with E-state index in [0.717, 1.165) is 16.3 Å². The fraction of sp³-hybridized carbons (Fsp3) is 0.158. The summed E-state index contributed by atoms with van der Waals surface area (Å²) in [4.78, 5) is 32.0. The number of esters is 2. The van der Waals surface area contributed by atoms with Gasteiger partial charge in [0.15, 0.2) is 0 Å². The van der Waals surface area contributed by atoms with E-state index >= 15 is 0 Å². The summed E-state index contributed by atoms with van der Waals surface area (Å²) in [7, 11) is 1.33. The van der Waals surface area contributed by atoms with Crippen molar-refractivity contribution in [2.75, 3.05) is 7.11 Å². The van der Waals surface area contributed by atoms with Crippen LogP contribution in [0.4, 0.5) is 0 Å². The molecule has 7 heteroatoms. The number of benzene rings is 1. The molecule has 0 spiro atoms. The number of hydrogen-bond donors (Lipinski definition) is 0. The first-order valence-corrected chi connectivity index (χ1v) is 8.72. The molecule has 0 aliphatic carbocycles. The highest BCUT2D eigenvalue weighted by Gasteiger charge is 2.11. The van der Waals surface area contributed by atoms with Gasteiger partial charge in [-0.05, 0) is 29.8 Å². The molecule has 0 saturated carbocycles. The van der Waals surface area contributed by atoms with Gasteiger partial charge in [-0.15, -0.1) is 11.3 Å². The molecule has 0 bridgehead atoms. The molecule has 2 aromatic heterocycles. The molecule has 0 aliphatic rings. The van der Waals surface area contributed by atoms with Gasteiger partial charge in [0.2, 0.25) is 0 Å². The van der Waals surface area contributed by atoms with Gasteiger partial charge in [0.25, 0.3) is 0 Å². The number of methoxy groups -OCH3 is 1. The highest BCUT2D eigenvalue weighted by Crippen LogP contribution is 2.21. The lowest BCUT2D eigenvalue weighted by atomic mass is 10.1. The van der Waals surface area contributed by atoms with E-state index in [0.29, 0.717) is 11.3 Å². The van der Waals surface area contributed by atoms with Crippen LogP contribution in [-0.4, -0.2) is 29.0 Å². The third-order valence-electron chi connectivity index (χ3n) is 3.54. The number of rotatable bonds is 6. The van der Waals surface area contributed by atoms with Crippen LogP contribution in [0.2, 0.25) is 0 Å². The molecule has 0 unspecified atom stereocenters. The van der Waals surface area contributed by atoms with E-state index in [4.69, 9.17) is 4.74 Å². The lowest BCUT2D eigenvalue weighted by Gasteiger charge is -2.05. The molecule has 26 heavy (non-hydrogen) atoms. The van der Waals surface area contributed by atoms with E-state index in [9.17, 15) is 9.59 Å². The van der Waals surface area contributed by atoms with Gasteiger partial charge in [0, 0.05) is 11.6 Å². The molecule has 1 aromatic carbocycles. The van der Waals surface area contributed by atoms with Gasteiger partial charge in [0.05, 0.1) is 30.5 Å². The van der Waals surface area contributed by atoms with Crippen molar-refractivity contribution in [1.82, 2.24) is 9.97 Å². The monoisotopic (exact) mass is 368 g/mol. The quantitative estimate of drug-likeness (QED) is 0.621. The van der Waals surface area contributed by atoms with Crippen molar-refractivity contribution in [3.63, 3.8) is 0 Å². The molecule has 0 saturated heterocycles. The van der Waals surface area contributed by atoms with Crippen LogP contribution in [0.1, 0.15) is 21.6 Å². The Hall–Kier alpha value is -3.06. The minimum Gasteiger partial charge on any atom is -0.465 e. The van der Waals surface area contributed by atoms with Crippen molar-refractivity contribution >= 4 is 23.3 Å². The van der Waals surface area contributed by atoms with Gasteiger partial charge < -0.3 is 9.47 Å². The molecule has 0 N–H and O–H groups in total. The van der Waals surface area contributed by atoms with Crippen molar-refractivity contribution in [3.05, 3.63) is 70.9 Å². The maximum atomic E-state index is 12.0. The van der Waals surface area contributed by atoms with Gasteiger partial charge in [-0.1, -0.05) is 18.2 Å². The average Bonchev–Trinajstić information content (AvgIpc) is 3.15. The molecule has 2 heterocycles. The second-order valence-corrected chi connectivity index (χ2v) is 6.24. The summed E-state index contributed by atoms with van der Waals surface area (Å²) in [5.41, 5.74) is 2.68. The molecule has 0 aliphatic heterocycles. The normalized spacial score (nSPS) is 10.3. The first-order valence-electron chi connectivity index (χ1n) is 7.84. The van der Waals surface area contributed by atoms with Crippen LogP contribution >= 0.6 is 11.3 Å². The minimum absolute atomic E-state index is 0.101. The average molecular weight is 368 g/mol. The third-order valence-corrected chi connectivity index (χ3v) is 4.45. The standard InChI is InChI=1S/C19H16N2O4S/c1-24-19(23)14-7-5-13(6-8-14)11-25-17(22)10-15-12-26-18(21-15)16-4-2-3-9-20-16/h2-9,12H,10-11H2,1H3. The summed E-state index contributed by atoms with van der Waals surface area (Å²) in [6, 6.07) is 12.3. The van der Waals surface area contributed by atoms with Crippen LogP contribution in [0.15, 0.2) is 54.0 Å². The second kappa shape index (κ2) is 8.35. The maximum Gasteiger partial charge on any atom is 0.337 e. The zero-order valence-corrected chi connectivity index (χ0v) is 14.9. The Kier molecular flexibility index (Phi) is 5.70. The van der Waals surface area contributed by atoms with Crippen LogP contribution in [0.25, 0.3) is 10.7 Å². The number of nitrogens with zero attached hydrogens (tertiary/aromatic N) is 2. The molecule has 6 nitrogen and oxygen atoms in total. The third kappa shape index (κ3) is 4.52. The summed E-state index contributed by atoms with van der Waals surface area (Å²) < 4.78 is 9.91. The molecule has 0 fully saturated rings. The predicted octanol–water partition coefficient (Wildman–Crippen LogP) is 3.28. The van der Waals surface area contributed by atoms with Gasteiger partial charge >= 0.3 is 11.9 Å². The van der Waals surface area contributed by atoms with Gasteiger partial charge in [-0.3, -0.25) is 9.78 Å². The summed E-state index contributed by atoms with van der Waals surface area (Å²) in [5, 5.41) is 2.60. The lowest BCUT2D eigenvalue weighted by Crippen LogP contribution is -2.08. The summed E-state index contributed by atoms with van der Waals surface area (Å²) in [6.07, 6.45) is 1.81. The van der Waals surface area contributed by atoms with E-state index in [2.05, 4.69) is 14.7 Å². The highest BCUT2D eigenvalue weighted by atomic mass is 32.1.